The van der Waals surface area contributed by atoms with Gasteiger partial charge in [-0.25, -0.2) is 0 Å². The van der Waals surface area contributed by atoms with Crippen LogP contribution in [0.2, 0.25) is 0 Å². The summed E-state index contributed by atoms with van der Waals surface area (Å²) in [6.07, 6.45) is 0.811. The number of nitrogen functional groups attached to an aromatic ring is 1. The molecule has 0 spiro atoms. The van der Waals surface area contributed by atoms with Crippen LogP contribution in [0.4, 0.5) is 10.8 Å². The topological polar surface area (TPSA) is 55.0 Å². The summed E-state index contributed by atoms with van der Waals surface area (Å²) in [5, 5.41) is 10.2. The van der Waals surface area contributed by atoms with Crippen LogP contribution in [0.15, 0.2) is 24.3 Å². The molecule has 2 rings (SSSR count). The van der Waals surface area contributed by atoms with Gasteiger partial charge in [0.2, 0.25) is 5.13 Å². The van der Waals surface area contributed by atoms with Gasteiger partial charge in [-0.05, 0) is 17.7 Å². The molecule has 84 valence electrons. The van der Waals surface area contributed by atoms with Crippen molar-refractivity contribution in [3.05, 3.63) is 34.8 Å². The van der Waals surface area contributed by atoms with Crippen molar-refractivity contribution in [3.63, 3.8) is 0 Å². The summed E-state index contributed by atoms with van der Waals surface area (Å²) in [5.74, 6) is 0. The molecule has 4 nitrogen and oxygen atoms in total. The third kappa shape index (κ3) is 2.49. The summed E-state index contributed by atoms with van der Waals surface area (Å²) in [4.78, 5) is 1.96. The van der Waals surface area contributed by atoms with Crippen LogP contribution in [0.3, 0.4) is 0 Å². The molecule has 0 aliphatic rings. The summed E-state index contributed by atoms with van der Waals surface area (Å²) >= 11 is 1.61. The van der Waals surface area contributed by atoms with Gasteiger partial charge in [0.05, 0.1) is 0 Å². The number of anilines is 2. The first kappa shape index (κ1) is 10.9. The highest BCUT2D eigenvalue weighted by Gasteiger charge is 2.06. The summed E-state index contributed by atoms with van der Waals surface area (Å²) in [6.45, 7) is 0. The zero-order chi connectivity index (χ0) is 11.5. The molecule has 5 heteroatoms. The van der Waals surface area contributed by atoms with Crippen LogP contribution in [-0.2, 0) is 6.42 Å². The first-order chi connectivity index (χ1) is 7.65. The van der Waals surface area contributed by atoms with Gasteiger partial charge in [-0.1, -0.05) is 23.5 Å². The molecule has 0 atom stereocenters. The lowest BCUT2D eigenvalue weighted by molar-refractivity contribution is 0.972. The molecular weight excluding hydrogens is 220 g/mol. The van der Waals surface area contributed by atoms with Crippen molar-refractivity contribution in [2.75, 3.05) is 24.7 Å². The number of nitrogens with two attached hydrogens (primary N) is 1. The molecule has 0 radical (unpaired) electrons. The van der Waals surface area contributed by atoms with Crippen molar-refractivity contribution in [2.24, 2.45) is 0 Å². The number of hydrogen-bond acceptors (Lipinski definition) is 5. The highest BCUT2D eigenvalue weighted by molar-refractivity contribution is 7.15. The van der Waals surface area contributed by atoms with E-state index in [9.17, 15) is 0 Å². The lowest BCUT2D eigenvalue weighted by Crippen LogP contribution is -2.07. The number of benzene rings is 1. The molecule has 0 saturated heterocycles. The van der Waals surface area contributed by atoms with Crippen molar-refractivity contribution in [1.82, 2.24) is 10.2 Å². The van der Waals surface area contributed by atoms with Crippen LogP contribution in [0.5, 0.6) is 0 Å². The van der Waals surface area contributed by atoms with Crippen molar-refractivity contribution in [2.45, 2.75) is 6.42 Å². The summed E-state index contributed by atoms with van der Waals surface area (Å²) in [5.41, 5.74) is 7.62. The first-order valence-electron chi connectivity index (χ1n) is 4.99. The Morgan fingerprint density at radius 3 is 2.44 bits per heavy atom. The second-order valence-corrected chi connectivity index (χ2v) is 4.83. The molecular formula is C11H14N4S. The van der Waals surface area contributed by atoms with E-state index in [0.29, 0.717) is 0 Å². The van der Waals surface area contributed by atoms with Crippen LogP contribution in [-0.4, -0.2) is 24.3 Å². The minimum Gasteiger partial charge on any atom is -0.399 e. The van der Waals surface area contributed by atoms with E-state index in [1.54, 1.807) is 11.3 Å². The van der Waals surface area contributed by atoms with Crippen LogP contribution in [0, 0.1) is 0 Å². The molecule has 0 saturated carbocycles. The number of nitrogens with zero attached hydrogens (tertiary/aromatic N) is 3. The molecule has 16 heavy (non-hydrogen) atoms. The van der Waals surface area contributed by atoms with E-state index < -0.39 is 0 Å². The predicted octanol–water partition coefficient (Wildman–Crippen LogP) is 1.78. The van der Waals surface area contributed by atoms with Crippen molar-refractivity contribution in [3.8, 4) is 0 Å². The van der Waals surface area contributed by atoms with E-state index in [4.69, 9.17) is 5.73 Å². The van der Waals surface area contributed by atoms with Crippen molar-refractivity contribution >= 4 is 22.2 Å². The SMILES string of the molecule is CN(C)c1nnc(Cc2ccc(N)cc2)s1. The fourth-order valence-corrected chi connectivity index (χ4v) is 2.10. The average Bonchev–Trinajstić information content (AvgIpc) is 2.70. The van der Waals surface area contributed by atoms with Crippen LogP contribution in [0.25, 0.3) is 0 Å². The van der Waals surface area contributed by atoms with Gasteiger partial charge in [-0.2, -0.15) is 0 Å². The average molecular weight is 234 g/mol. The highest BCUT2D eigenvalue weighted by atomic mass is 32.1. The second-order valence-electron chi connectivity index (χ2n) is 3.79. The lowest BCUT2D eigenvalue weighted by atomic mass is 10.1. The Morgan fingerprint density at radius 2 is 1.88 bits per heavy atom. The van der Waals surface area contributed by atoms with Gasteiger partial charge in [0.25, 0.3) is 0 Å². The Labute approximate surface area is 98.7 Å². The Hall–Kier alpha value is -1.62. The number of hydrogen-bond donors (Lipinski definition) is 1. The van der Waals surface area contributed by atoms with E-state index in [1.165, 1.54) is 5.56 Å². The fraction of sp³-hybridized carbons (Fsp3) is 0.273. The quantitative estimate of drug-likeness (QED) is 0.822. The molecule has 0 aliphatic heterocycles. The summed E-state index contributed by atoms with van der Waals surface area (Å²) in [7, 11) is 3.93. The van der Waals surface area contributed by atoms with Crippen molar-refractivity contribution in [1.29, 1.82) is 0 Å². The van der Waals surface area contributed by atoms with E-state index in [-0.39, 0.29) is 0 Å². The molecule has 1 aromatic carbocycles. The van der Waals surface area contributed by atoms with Gasteiger partial charge >= 0.3 is 0 Å². The summed E-state index contributed by atoms with van der Waals surface area (Å²) < 4.78 is 0. The van der Waals surface area contributed by atoms with Crippen LogP contribution < -0.4 is 10.6 Å². The van der Waals surface area contributed by atoms with Crippen LogP contribution >= 0.6 is 11.3 Å². The standard InChI is InChI=1S/C11H14N4S/c1-15(2)11-14-13-10(16-11)7-8-3-5-9(12)6-4-8/h3-6H,7,12H2,1-2H3. The molecule has 0 fully saturated rings. The molecule has 0 aliphatic carbocycles. The Balaban J connectivity index is 2.11. The van der Waals surface area contributed by atoms with E-state index in [1.807, 2.05) is 43.3 Å². The maximum atomic E-state index is 5.63. The maximum Gasteiger partial charge on any atom is 0.207 e. The second kappa shape index (κ2) is 4.49. The lowest BCUT2D eigenvalue weighted by Gasteiger charge is -2.03. The molecule has 0 amide bonds. The van der Waals surface area contributed by atoms with Gasteiger partial charge in [0.1, 0.15) is 5.01 Å². The molecule has 1 aromatic heterocycles. The third-order valence-corrected chi connectivity index (χ3v) is 3.26. The van der Waals surface area contributed by atoms with Gasteiger partial charge in [0.15, 0.2) is 0 Å². The number of rotatable bonds is 3. The highest BCUT2D eigenvalue weighted by Crippen LogP contribution is 2.20. The van der Waals surface area contributed by atoms with Gasteiger partial charge in [-0.3, -0.25) is 0 Å². The zero-order valence-electron chi connectivity index (χ0n) is 9.34. The number of aromatic nitrogens is 2. The maximum absolute atomic E-state index is 5.63. The van der Waals surface area contributed by atoms with Gasteiger partial charge in [-0.15, -0.1) is 10.2 Å². The Kier molecular flexibility index (Phi) is 3.05. The monoisotopic (exact) mass is 234 g/mol. The molecule has 2 N–H and O–H groups in total. The molecule has 0 unspecified atom stereocenters. The normalized spacial score (nSPS) is 10.4. The predicted molar refractivity (Wildman–Crippen MR) is 67.9 cm³/mol. The van der Waals surface area contributed by atoms with Gasteiger partial charge in [0, 0.05) is 26.2 Å². The summed E-state index contributed by atoms with van der Waals surface area (Å²) in [6, 6.07) is 7.85. The minimum atomic E-state index is 0.787. The van der Waals surface area contributed by atoms with E-state index in [0.717, 1.165) is 22.2 Å². The third-order valence-electron chi connectivity index (χ3n) is 2.17. The van der Waals surface area contributed by atoms with E-state index >= 15 is 0 Å². The Morgan fingerprint density at radius 1 is 1.19 bits per heavy atom. The Bertz CT molecular complexity index is 461. The smallest absolute Gasteiger partial charge is 0.207 e. The van der Waals surface area contributed by atoms with Crippen molar-refractivity contribution < 1.29 is 0 Å². The van der Waals surface area contributed by atoms with Crippen LogP contribution in [0.1, 0.15) is 10.6 Å². The van der Waals surface area contributed by atoms with E-state index in [2.05, 4.69) is 10.2 Å². The first-order valence-corrected chi connectivity index (χ1v) is 5.81. The largest absolute Gasteiger partial charge is 0.399 e. The minimum absolute atomic E-state index is 0.787. The molecule has 2 aromatic rings. The fourth-order valence-electron chi connectivity index (χ4n) is 1.31. The zero-order valence-corrected chi connectivity index (χ0v) is 10.2. The van der Waals surface area contributed by atoms with Gasteiger partial charge < -0.3 is 10.6 Å². The molecule has 1 heterocycles. The molecule has 0 bridgehead atoms.